The first kappa shape index (κ1) is 13.3. The number of carbonyl (C=O) groups excluding carboxylic acids is 1. The molecule has 0 saturated carbocycles. The highest BCUT2D eigenvalue weighted by atomic mass is 16.3. The third-order valence-corrected chi connectivity index (χ3v) is 3.16. The van der Waals surface area contributed by atoms with E-state index in [1.54, 1.807) is 22.8 Å². The molecule has 108 valence electrons. The standard InChI is InChI=1S/C14H15N5O2/c1-10(20)18(2)7-11-8-19(17-16-11)9-14-15-12-5-3-4-6-13(12)21-14/h3-6,8H,7,9H2,1-2H3. The summed E-state index contributed by atoms with van der Waals surface area (Å²) in [6.07, 6.45) is 1.79. The fraction of sp³-hybridized carbons (Fsp3) is 0.286. The van der Waals surface area contributed by atoms with Gasteiger partial charge in [0.05, 0.1) is 12.7 Å². The van der Waals surface area contributed by atoms with E-state index in [0.717, 1.165) is 16.8 Å². The normalized spacial score (nSPS) is 11.0. The quantitative estimate of drug-likeness (QED) is 0.725. The molecular weight excluding hydrogens is 270 g/mol. The smallest absolute Gasteiger partial charge is 0.219 e. The number of amides is 1. The van der Waals surface area contributed by atoms with Crippen LogP contribution < -0.4 is 0 Å². The SMILES string of the molecule is CC(=O)N(C)Cc1cn(Cc2nc3ccccc3o2)nn1. The summed E-state index contributed by atoms with van der Waals surface area (Å²) in [4.78, 5) is 17.2. The van der Waals surface area contributed by atoms with Gasteiger partial charge in [-0.3, -0.25) is 4.79 Å². The maximum atomic E-state index is 11.2. The zero-order valence-corrected chi connectivity index (χ0v) is 11.9. The van der Waals surface area contributed by atoms with E-state index in [4.69, 9.17) is 4.42 Å². The third-order valence-electron chi connectivity index (χ3n) is 3.16. The molecule has 0 N–H and O–H groups in total. The molecule has 0 atom stereocenters. The Labute approximate surface area is 121 Å². The first-order valence-electron chi connectivity index (χ1n) is 6.57. The summed E-state index contributed by atoms with van der Waals surface area (Å²) in [7, 11) is 1.72. The van der Waals surface area contributed by atoms with Crippen LogP contribution in [0.5, 0.6) is 0 Å². The Kier molecular flexibility index (Phi) is 3.39. The summed E-state index contributed by atoms with van der Waals surface area (Å²) in [5.41, 5.74) is 2.30. The maximum absolute atomic E-state index is 11.2. The second-order valence-corrected chi connectivity index (χ2v) is 4.86. The number of oxazole rings is 1. The number of fused-ring (bicyclic) bond motifs is 1. The lowest BCUT2D eigenvalue weighted by Gasteiger charge is -2.11. The van der Waals surface area contributed by atoms with Gasteiger partial charge in [0.2, 0.25) is 11.8 Å². The Bertz CT molecular complexity index is 743. The zero-order chi connectivity index (χ0) is 14.8. The molecule has 0 unspecified atom stereocenters. The largest absolute Gasteiger partial charge is 0.439 e. The van der Waals surface area contributed by atoms with Crippen molar-refractivity contribution in [2.75, 3.05) is 7.05 Å². The fourth-order valence-electron chi connectivity index (χ4n) is 1.97. The van der Waals surface area contributed by atoms with Gasteiger partial charge in [-0.2, -0.15) is 0 Å². The molecule has 3 rings (SSSR count). The van der Waals surface area contributed by atoms with E-state index in [2.05, 4.69) is 15.3 Å². The van der Waals surface area contributed by atoms with Gasteiger partial charge in [-0.25, -0.2) is 9.67 Å². The van der Waals surface area contributed by atoms with E-state index in [9.17, 15) is 4.79 Å². The van der Waals surface area contributed by atoms with Crippen LogP contribution in [0.3, 0.4) is 0 Å². The molecule has 0 aliphatic heterocycles. The van der Waals surface area contributed by atoms with Gasteiger partial charge in [-0.15, -0.1) is 5.10 Å². The number of hydrogen-bond acceptors (Lipinski definition) is 5. The maximum Gasteiger partial charge on any atom is 0.219 e. The third kappa shape index (κ3) is 2.91. The molecule has 0 spiro atoms. The predicted octanol–water partition coefficient (Wildman–Crippen LogP) is 1.45. The van der Waals surface area contributed by atoms with E-state index in [1.165, 1.54) is 6.92 Å². The molecule has 0 saturated heterocycles. The Hall–Kier alpha value is -2.70. The Balaban J connectivity index is 1.73. The lowest BCUT2D eigenvalue weighted by atomic mass is 10.3. The molecule has 7 nitrogen and oxygen atoms in total. The minimum absolute atomic E-state index is 0.0106. The van der Waals surface area contributed by atoms with Crippen LogP contribution in [0.2, 0.25) is 0 Å². The minimum Gasteiger partial charge on any atom is -0.439 e. The lowest BCUT2D eigenvalue weighted by molar-refractivity contribution is -0.128. The van der Waals surface area contributed by atoms with Gasteiger partial charge >= 0.3 is 0 Å². The van der Waals surface area contributed by atoms with Crippen molar-refractivity contribution < 1.29 is 9.21 Å². The summed E-state index contributed by atoms with van der Waals surface area (Å²) in [5, 5.41) is 8.06. The summed E-state index contributed by atoms with van der Waals surface area (Å²) in [5.74, 6) is 0.566. The molecule has 2 aromatic heterocycles. The van der Waals surface area contributed by atoms with E-state index in [-0.39, 0.29) is 5.91 Å². The van der Waals surface area contributed by atoms with Gasteiger partial charge in [0.25, 0.3) is 0 Å². The summed E-state index contributed by atoms with van der Waals surface area (Å²) in [6, 6.07) is 7.60. The van der Waals surface area contributed by atoms with E-state index < -0.39 is 0 Å². The molecular formula is C14H15N5O2. The number of aromatic nitrogens is 4. The van der Waals surface area contributed by atoms with Crippen LogP contribution in [-0.4, -0.2) is 37.8 Å². The van der Waals surface area contributed by atoms with Crippen LogP contribution in [0.25, 0.3) is 11.1 Å². The van der Waals surface area contributed by atoms with Crippen molar-refractivity contribution in [2.24, 2.45) is 0 Å². The molecule has 0 radical (unpaired) electrons. The number of rotatable bonds is 4. The number of para-hydroxylation sites is 2. The van der Waals surface area contributed by atoms with Gasteiger partial charge in [0, 0.05) is 14.0 Å². The van der Waals surface area contributed by atoms with Crippen molar-refractivity contribution in [1.82, 2.24) is 24.9 Å². The van der Waals surface area contributed by atoms with Crippen LogP contribution in [0.4, 0.5) is 0 Å². The summed E-state index contributed by atoms with van der Waals surface area (Å²) in [6.45, 7) is 2.36. The molecule has 0 bridgehead atoms. The van der Waals surface area contributed by atoms with Gasteiger partial charge < -0.3 is 9.32 Å². The molecule has 0 aliphatic rings. The first-order valence-corrected chi connectivity index (χ1v) is 6.57. The number of carbonyl (C=O) groups is 1. The van der Waals surface area contributed by atoms with Gasteiger partial charge in [-0.1, -0.05) is 17.3 Å². The van der Waals surface area contributed by atoms with Gasteiger partial charge in [0.15, 0.2) is 5.58 Å². The minimum atomic E-state index is -0.0106. The monoisotopic (exact) mass is 285 g/mol. The Morgan fingerprint density at radius 1 is 1.38 bits per heavy atom. The topological polar surface area (TPSA) is 77.0 Å². The molecule has 0 aliphatic carbocycles. The number of nitrogens with zero attached hydrogens (tertiary/aromatic N) is 5. The van der Waals surface area contributed by atoms with Crippen LogP contribution in [0.15, 0.2) is 34.9 Å². The second-order valence-electron chi connectivity index (χ2n) is 4.86. The van der Waals surface area contributed by atoms with Crippen LogP contribution >= 0.6 is 0 Å². The van der Waals surface area contributed by atoms with E-state index in [1.807, 2.05) is 24.3 Å². The number of benzene rings is 1. The molecule has 2 heterocycles. The molecule has 1 amide bonds. The van der Waals surface area contributed by atoms with Gasteiger partial charge in [-0.05, 0) is 12.1 Å². The van der Waals surface area contributed by atoms with E-state index >= 15 is 0 Å². The van der Waals surface area contributed by atoms with Gasteiger partial charge in [0.1, 0.15) is 17.8 Å². The van der Waals surface area contributed by atoms with E-state index in [0.29, 0.717) is 19.0 Å². The van der Waals surface area contributed by atoms with Crippen molar-refractivity contribution in [3.05, 3.63) is 42.0 Å². The van der Waals surface area contributed by atoms with Crippen molar-refractivity contribution in [1.29, 1.82) is 0 Å². The molecule has 21 heavy (non-hydrogen) atoms. The molecule has 1 aromatic carbocycles. The average Bonchev–Trinajstić information content (AvgIpc) is 3.05. The Morgan fingerprint density at radius 3 is 2.95 bits per heavy atom. The fourth-order valence-corrected chi connectivity index (χ4v) is 1.97. The van der Waals surface area contributed by atoms with Crippen LogP contribution in [0, 0.1) is 0 Å². The average molecular weight is 285 g/mol. The second kappa shape index (κ2) is 5.35. The lowest BCUT2D eigenvalue weighted by Crippen LogP contribution is -2.23. The highest BCUT2D eigenvalue weighted by Gasteiger charge is 2.10. The van der Waals surface area contributed by atoms with Crippen molar-refractivity contribution in [3.63, 3.8) is 0 Å². The number of hydrogen-bond donors (Lipinski definition) is 0. The molecule has 3 aromatic rings. The van der Waals surface area contributed by atoms with Crippen molar-refractivity contribution >= 4 is 17.0 Å². The van der Waals surface area contributed by atoms with Crippen molar-refractivity contribution in [2.45, 2.75) is 20.0 Å². The summed E-state index contributed by atoms with van der Waals surface area (Å²) < 4.78 is 7.28. The molecule has 7 heteroatoms. The zero-order valence-electron chi connectivity index (χ0n) is 11.9. The first-order chi connectivity index (χ1) is 10.1. The van der Waals surface area contributed by atoms with Crippen LogP contribution in [0.1, 0.15) is 18.5 Å². The van der Waals surface area contributed by atoms with Crippen LogP contribution in [-0.2, 0) is 17.9 Å². The Morgan fingerprint density at radius 2 is 2.19 bits per heavy atom. The summed E-state index contributed by atoms with van der Waals surface area (Å²) >= 11 is 0. The highest BCUT2D eigenvalue weighted by Crippen LogP contribution is 2.15. The molecule has 0 fully saturated rings. The predicted molar refractivity (Wildman–Crippen MR) is 75.3 cm³/mol. The highest BCUT2D eigenvalue weighted by molar-refractivity contribution is 5.73. The van der Waals surface area contributed by atoms with Crippen molar-refractivity contribution in [3.8, 4) is 0 Å².